The summed E-state index contributed by atoms with van der Waals surface area (Å²) in [6.45, 7) is 2.85. The Morgan fingerprint density at radius 3 is 2.50 bits per heavy atom. The van der Waals surface area contributed by atoms with Crippen LogP contribution >= 0.6 is 0 Å². The molecule has 1 aromatic carbocycles. The van der Waals surface area contributed by atoms with Crippen molar-refractivity contribution < 1.29 is 4.39 Å². The predicted octanol–water partition coefficient (Wildman–Crippen LogP) is 2.44. The quantitative estimate of drug-likeness (QED) is 0.667. The molecule has 0 aliphatic carbocycles. The van der Waals surface area contributed by atoms with Crippen molar-refractivity contribution in [3.05, 3.63) is 53.6 Å². The molecule has 0 spiro atoms. The van der Waals surface area contributed by atoms with Gasteiger partial charge in [0.1, 0.15) is 5.82 Å². The minimum absolute atomic E-state index is 0.246. The first kappa shape index (κ1) is 10.4. The molecule has 1 aromatic heterocycles. The van der Waals surface area contributed by atoms with Crippen LogP contribution in [0.4, 0.5) is 4.39 Å². The smallest absolute Gasteiger partial charge is 0.123 e. The molecule has 0 atom stereocenters. The summed E-state index contributed by atoms with van der Waals surface area (Å²) in [5.74, 6) is 5.69. The summed E-state index contributed by atoms with van der Waals surface area (Å²) in [7, 11) is 0. The normalized spacial score (nSPS) is 9.62. The third kappa shape index (κ3) is 2.48. The van der Waals surface area contributed by atoms with Crippen molar-refractivity contribution in [2.75, 3.05) is 0 Å². The molecular weight excluding hydrogens is 203 g/mol. The number of aromatic nitrogens is 2. The molecule has 0 amide bonds. The van der Waals surface area contributed by atoms with Gasteiger partial charge in [0, 0.05) is 18.3 Å². The Kier molecular flexibility index (Phi) is 3.02. The van der Waals surface area contributed by atoms with Gasteiger partial charge in [0.25, 0.3) is 0 Å². The fraction of sp³-hybridized carbons (Fsp3) is 0.154. The third-order valence-corrected chi connectivity index (χ3v) is 2.15. The van der Waals surface area contributed by atoms with Gasteiger partial charge in [-0.1, -0.05) is 11.8 Å². The number of rotatable bonds is 1. The number of hydrogen-bond acceptors (Lipinski definition) is 1. The van der Waals surface area contributed by atoms with Gasteiger partial charge in [-0.2, -0.15) is 5.10 Å². The van der Waals surface area contributed by atoms with Crippen molar-refractivity contribution >= 4 is 0 Å². The first-order valence-electron chi connectivity index (χ1n) is 5.08. The molecule has 0 fully saturated rings. The monoisotopic (exact) mass is 214 g/mol. The second kappa shape index (κ2) is 4.63. The largest absolute Gasteiger partial charge is 0.272 e. The van der Waals surface area contributed by atoms with E-state index in [1.807, 2.05) is 17.8 Å². The molecule has 0 N–H and O–H groups in total. The van der Waals surface area contributed by atoms with Crippen LogP contribution in [-0.2, 0) is 6.54 Å². The maximum atomic E-state index is 12.6. The maximum absolute atomic E-state index is 12.6. The molecule has 2 aromatic rings. The SMILES string of the molecule is CCn1cc(C#Cc2ccc(F)cc2)cn1. The Balaban J connectivity index is 2.18. The van der Waals surface area contributed by atoms with Gasteiger partial charge in [0.2, 0.25) is 0 Å². The van der Waals surface area contributed by atoms with E-state index >= 15 is 0 Å². The van der Waals surface area contributed by atoms with E-state index in [0.29, 0.717) is 0 Å². The van der Waals surface area contributed by atoms with E-state index in [2.05, 4.69) is 16.9 Å². The zero-order valence-electron chi connectivity index (χ0n) is 8.94. The lowest BCUT2D eigenvalue weighted by molar-refractivity contribution is 0.627. The van der Waals surface area contributed by atoms with Crippen molar-refractivity contribution in [3.63, 3.8) is 0 Å². The van der Waals surface area contributed by atoms with Crippen LogP contribution in [-0.4, -0.2) is 9.78 Å². The Bertz CT molecular complexity index is 529. The lowest BCUT2D eigenvalue weighted by Crippen LogP contribution is -1.91. The van der Waals surface area contributed by atoms with Crippen LogP contribution in [0.1, 0.15) is 18.1 Å². The van der Waals surface area contributed by atoms with Gasteiger partial charge in [0.05, 0.1) is 11.8 Å². The van der Waals surface area contributed by atoms with Gasteiger partial charge >= 0.3 is 0 Å². The molecule has 0 saturated carbocycles. The van der Waals surface area contributed by atoms with Gasteiger partial charge in [-0.25, -0.2) is 4.39 Å². The van der Waals surface area contributed by atoms with E-state index in [4.69, 9.17) is 0 Å². The average Bonchev–Trinajstić information content (AvgIpc) is 2.76. The van der Waals surface area contributed by atoms with E-state index in [1.54, 1.807) is 18.3 Å². The second-order valence-electron chi connectivity index (χ2n) is 3.34. The van der Waals surface area contributed by atoms with Gasteiger partial charge in [-0.3, -0.25) is 4.68 Å². The standard InChI is InChI=1S/C13H11FN2/c1-2-16-10-12(9-15-16)4-3-11-5-7-13(14)8-6-11/h5-10H,2H2,1H3. The summed E-state index contributed by atoms with van der Waals surface area (Å²) in [5.41, 5.74) is 1.66. The van der Waals surface area contributed by atoms with Gasteiger partial charge in [-0.05, 0) is 31.2 Å². The van der Waals surface area contributed by atoms with Crippen LogP contribution in [0.5, 0.6) is 0 Å². The summed E-state index contributed by atoms with van der Waals surface area (Å²) in [4.78, 5) is 0. The third-order valence-electron chi connectivity index (χ3n) is 2.15. The molecule has 0 radical (unpaired) electrons. The number of halogens is 1. The number of nitrogens with zero attached hydrogens (tertiary/aromatic N) is 2. The minimum Gasteiger partial charge on any atom is -0.272 e. The fourth-order valence-electron chi connectivity index (χ4n) is 1.28. The van der Waals surface area contributed by atoms with Crippen molar-refractivity contribution in [1.82, 2.24) is 9.78 Å². The predicted molar refractivity (Wildman–Crippen MR) is 60.3 cm³/mol. The molecule has 2 rings (SSSR count). The Morgan fingerprint density at radius 2 is 1.88 bits per heavy atom. The molecule has 0 saturated heterocycles. The van der Waals surface area contributed by atoms with Crippen molar-refractivity contribution in [1.29, 1.82) is 0 Å². The van der Waals surface area contributed by atoms with Crippen molar-refractivity contribution in [2.45, 2.75) is 13.5 Å². The molecule has 3 heteroatoms. The Labute approximate surface area is 93.7 Å². The lowest BCUT2D eigenvalue weighted by atomic mass is 10.2. The van der Waals surface area contributed by atoms with E-state index in [9.17, 15) is 4.39 Å². The van der Waals surface area contributed by atoms with E-state index in [0.717, 1.165) is 17.7 Å². The number of benzene rings is 1. The maximum Gasteiger partial charge on any atom is 0.123 e. The highest BCUT2D eigenvalue weighted by Crippen LogP contribution is 2.01. The highest BCUT2D eigenvalue weighted by Gasteiger charge is 1.92. The molecule has 0 aliphatic heterocycles. The van der Waals surface area contributed by atoms with Gasteiger partial charge in [-0.15, -0.1) is 0 Å². The highest BCUT2D eigenvalue weighted by molar-refractivity contribution is 5.40. The molecule has 1 heterocycles. The summed E-state index contributed by atoms with van der Waals surface area (Å²) in [5, 5.41) is 4.12. The van der Waals surface area contributed by atoms with Crippen LogP contribution in [0.2, 0.25) is 0 Å². The molecule has 80 valence electrons. The molecule has 2 nitrogen and oxygen atoms in total. The minimum atomic E-state index is -0.246. The molecule has 0 unspecified atom stereocenters. The zero-order chi connectivity index (χ0) is 11.4. The summed E-state index contributed by atoms with van der Waals surface area (Å²) < 4.78 is 14.5. The van der Waals surface area contributed by atoms with E-state index < -0.39 is 0 Å². The van der Waals surface area contributed by atoms with Crippen molar-refractivity contribution in [3.8, 4) is 11.8 Å². The first-order valence-corrected chi connectivity index (χ1v) is 5.08. The van der Waals surface area contributed by atoms with Crippen molar-refractivity contribution in [2.24, 2.45) is 0 Å². The molecule has 0 aliphatic rings. The molecule has 16 heavy (non-hydrogen) atoms. The summed E-state index contributed by atoms with van der Waals surface area (Å²) >= 11 is 0. The lowest BCUT2D eigenvalue weighted by Gasteiger charge is -1.89. The Hall–Kier alpha value is -2.08. The fourth-order valence-corrected chi connectivity index (χ4v) is 1.28. The van der Waals surface area contributed by atoms with Crippen LogP contribution in [0, 0.1) is 17.7 Å². The van der Waals surface area contributed by atoms with Gasteiger partial charge in [0.15, 0.2) is 0 Å². The zero-order valence-corrected chi connectivity index (χ0v) is 8.94. The van der Waals surface area contributed by atoms with Crippen LogP contribution in [0.15, 0.2) is 36.7 Å². The van der Waals surface area contributed by atoms with Crippen LogP contribution in [0.25, 0.3) is 0 Å². The van der Waals surface area contributed by atoms with Gasteiger partial charge < -0.3 is 0 Å². The summed E-state index contributed by atoms with van der Waals surface area (Å²) in [6.07, 6.45) is 3.61. The average molecular weight is 214 g/mol. The van der Waals surface area contributed by atoms with E-state index in [1.165, 1.54) is 12.1 Å². The van der Waals surface area contributed by atoms with Crippen LogP contribution in [0.3, 0.4) is 0 Å². The topological polar surface area (TPSA) is 17.8 Å². The van der Waals surface area contributed by atoms with Crippen LogP contribution < -0.4 is 0 Å². The number of aryl methyl sites for hydroxylation is 1. The summed E-state index contributed by atoms with van der Waals surface area (Å²) in [6, 6.07) is 6.12. The molecular formula is C13H11FN2. The number of hydrogen-bond donors (Lipinski definition) is 0. The first-order chi connectivity index (χ1) is 7.78. The molecule has 0 bridgehead atoms. The van der Waals surface area contributed by atoms with E-state index in [-0.39, 0.29) is 5.82 Å². The Morgan fingerprint density at radius 1 is 1.19 bits per heavy atom. The highest BCUT2D eigenvalue weighted by atomic mass is 19.1. The second-order valence-corrected chi connectivity index (χ2v) is 3.34.